The number of nitrogens with one attached hydrogen (secondary N) is 2. The van der Waals surface area contributed by atoms with Crippen LogP contribution in [0.5, 0.6) is 0 Å². The molecule has 0 aliphatic heterocycles. The molecule has 2 N–H and O–H groups in total. The second-order valence-corrected chi connectivity index (χ2v) is 5.58. The van der Waals surface area contributed by atoms with Crippen molar-refractivity contribution in [2.24, 2.45) is 5.92 Å². The van der Waals surface area contributed by atoms with E-state index in [4.69, 9.17) is 0 Å². The number of hydrogen-bond acceptors (Lipinski definition) is 4. The lowest BCUT2D eigenvalue weighted by Crippen LogP contribution is -2.44. The van der Waals surface area contributed by atoms with Gasteiger partial charge in [-0.05, 0) is 31.9 Å². The molecule has 3 rings (SSSR count). The van der Waals surface area contributed by atoms with E-state index in [1.165, 1.54) is 28.9 Å². The van der Waals surface area contributed by atoms with Crippen LogP contribution in [0.2, 0.25) is 0 Å². The highest BCUT2D eigenvalue weighted by Gasteiger charge is 2.30. The summed E-state index contributed by atoms with van der Waals surface area (Å²) < 4.78 is 15.1. The maximum atomic E-state index is 13.9. The first kappa shape index (κ1) is 15.9. The summed E-state index contributed by atoms with van der Waals surface area (Å²) in [6.07, 6.45) is 1.56. The first-order valence-corrected chi connectivity index (χ1v) is 7.43. The van der Waals surface area contributed by atoms with Crippen LogP contribution in [0.3, 0.4) is 0 Å². The van der Waals surface area contributed by atoms with Crippen LogP contribution < -0.4 is 16.3 Å². The predicted octanol–water partition coefficient (Wildman–Crippen LogP) is 0.851. The number of nitrogens with zero attached hydrogens (tertiary/aromatic N) is 2. The molecule has 1 aliphatic rings. The van der Waals surface area contributed by atoms with Crippen molar-refractivity contribution in [3.63, 3.8) is 0 Å². The molecule has 0 radical (unpaired) electrons. The third-order valence-electron chi connectivity index (χ3n) is 3.65. The summed E-state index contributed by atoms with van der Waals surface area (Å²) in [7, 11) is 0. The number of hydrogen-bond donors (Lipinski definition) is 2. The van der Waals surface area contributed by atoms with Crippen LogP contribution in [0.15, 0.2) is 35.1 Å². The molecule has 0 bridgehead atoms. The molecular weight excluding hydrogens is 315 g/mol. The molecule has 1 aromatic carbocycles. The molecule has 1 heterocycles. The molecule has 24 heavy (non-hydrogen) atoms. The first-order chi connectivity index (χ1) is 11.5. The van der Waals surface area contributed by atoms with Gasteiger partial charge in [-0.3, -0.25) is 25.2 Å². The molecule has 2 aromatic rings. The minimum atomic E-state index is -0.848. The van der Waals surface area contributed by atoms with Gasteiger partial charge in [-0.25, -0.2) is 9.07 Å². The monoisotopic (exact) mass is 330 g/mol. The minimum Gasteiger partial charge on any atom is -0.287 e. The topological polar surface area (TPSA) is 93.1 Å². The highest BCUT2D eigenvalue weighted by atomic mass is 19.1. The van der Waals surface area contributed by atoms with E-state index in [1.807, 2.05) is 0 Å². The highest BCUT2D eigenvalue weighted by Crippen LogP contribution is 2.28. The Balaban J connectivity index is 1.89. The van der Waals surface area contributed by atoms with Crippen LogP contribution in [-0.2, 0) is 4.79 Å². The molecule has 0 spiro atoms. The Morgan fingerprint density at radius 2 is 1.96 bits per heavy atom. The van der Waals surface area contributed by atoms with Gasteiger partial charge < -0.3 is 0 Å². The normalized spacial score (nSPS) is 13.4. The Morgan fingerprint density at radius 1 is 1.25 bits per heavy atom. The van der Waals surface area contributed by atoms with Crippen LogP contribution in [0.25, 0.3) is 5.69 Å². The Kier molecular flexibility index (Phi) is 4.11. The summed E-state index contributed by atoms with van der Waals surface area (Å²) in [6, 6.07) is 7.07. The summed E-state index contributed by atoms with van der Waals surface area (Å²) in [5.41, 5.74) is 3.87. The third kappa shape index (κ3) is 3.17. The summed E-state index contributed by atoms with van der Waals surface area (Å²) >= 11 is 0. The molecule has 1 fully saturated rings. The molecule has 1 saturated carbocycles. The number of para-hydroxylation sites is 1. The fourth-order valence-electron chi connectivity index (χ4n) is 2.20. The smallest absolute Gasteiger partial charge is 0.287 e. The molecule has 124 valence electrons. The molecule has 0 unspecified atom stereocenters. The van der Waals surface area contributed by atoms with Crippen molar-refractivity contribution in [1.29, 1.82) is 0 Å². The largest absolute Gasteiger partial charge is 0.294 e. The van der Waals surface area contributed by atoms with Gasteiger partial charge in [-0.15, -0.1) is 0 Å². The Labute approximate surface area is 136 Å². The molecule has 8 heteroatoms. The number of benzene rings is 1. The number of aryl methyl sites for hydroxylation is 1. The molecule has 2 amide bonds. The number of hydrazine groups is 1. The van der Waals surface area contributed by atoms with E-state index in [-0.39, 0.29) is 17.5 Å². The second kappa shape index (κ2) is 6.23. The molecule has 1 aliphatic carbocycles. The lowest BCUT2D eigenvalue weighted by molar-refractivity contribution is -0.123. The van der Waals surface area contributed by atoms with Crippen molar-refractivity contribution < 1.29 is 14.0 Å². The zero-order valence-electron chi connectivity index (χ0n) is 12.9. The van der Waals surface area contributed by atoms with Crippen molar-refractivity contribution >= 4 is 11.8 Å². The fraction of sp³-hybridized carbons (Fsp3) is 0.250. The first-order valence-electron chi connectivity index (χ1n) is 7.43. The van der Waals surface area contributed by atoms with E-state index in [2.05, 4.69) is 16.0 Å². The van der Waals surface area contributed by atoms with Gasteiger partial charge in [0, 0.05) is 17.7 Å². The standard InChI is InChI=1S/C16H15FN4O3/c1-9-8-13(22)14(16(24)19-18-15(23)10-6-7-10)20-21(9)12-5-3-2-4-11(12)17/h2-5,8,10H,6-7H2,1H3,(H,18,23)(H,19,24). The fourth-order valence-corrected chi connectivity index (χ4v) is 2.20. The van der Waals surface area contributed by atoms with Crippen molar-refractivity contribution in [1.82, 2.24) is 20.6 Å². The van der Waals surface area contributed by atoms with Crippen molar-refractivity contribution in [2.45, 2.75) is 19.8 Å². The van der Waals surface area contributed by atoms with Gasteiger partial charge >= 0.3 is 0 Å². The lowest BCUT2D eigenvalue weighted by Gasteiger charge is -2.12. The van der Waals surface area contributed by atoms with Crippen LogP contribution in [-0.4, -0.2) is 21.6 Å². The summed E-state index contributed by atoms with van der Waals surface area (Å²) in [4.78, 5) is 35.6. The number of rotatable bonds is 3. The van der Waals surface area contributed by atoms with Crippen LogP contribution in [0.4, 0.5) is 4.39 Å². The van der Waals surface area contributed by atoms with Crippen molar-refractivity contribution in [2.75, 3.05) is 0 Å². The zero-order chi connectivity index (χ0) is 17.3. The minimum absolute atomic E-state index is 0.0913. The summed E-state index contributed by atoms with van der Waals surface area (Å²) in [6.45, 7) is 1.58. The zero-order valence-corrected chi connectivity index (χ0v) is 12.9. The molecule has 0 saturated heterocycles. The van der Waals surface area contributed by atoms with Gasteiger partial charge in [0.15, 0.2) is 5.69 Å². The van der Waals surface area contributed by atoms with E-state index in [1.54, 1.807) is 13.0 Å². The summed E-state index contributed by atoms with van der Waals surface area (Å²) in [5.74, 6) is -1.78. The van der Waals surface area contributed by atoms with Gasteiger partial charge in [0.2, 0.25) is 11.3 Å². The average molecular weight is 330 g/mol. The van der Waals surface area contributed by atoms with Crippen LogP contribution >= 0.6 is 0 Å². The molecule has 7 nitrogen and oxygen atoms in total. The quantitative estimate of drug-likeness (QED) is 0.816. The SMILES string of the molecule is Cc1cc(=O)c(C(=O)NNC(=O)C2CC2)nn1-c1ccccc1F. The van der Waals surface area contributed by atoms with Crippen molar-refractivity contribution in [3.05, 3.63) is 57.8 Å². The summed E-state index contributed by atoms with van der Waals surface area (Å²) in [5, 5.41) is 3.94. The number of amides is 2. The van der Waals surface area contributed by atoms with E-state index in [0.717, 1.165) is 12.8 Å². The molecule has 1 aromatic heterocycles. The van der Waals surface area contributed by atoms with Gasteiger partial charge in [-0.2, -0.15) is 5.10 Å². The van der Waals surface area contributed by atoms with E-state index in [9.17, 15) is 18.8 Å². The molecule has 0 atom stereocenters. The maximum absolute atomic E-state index is 13.9. The third-order valence-corrected chi connectivity index (χ3v) is 3.65. The van der Waals surface area contributed by atoms with Crippen LogP contribution in [0.1, 0.15) is 29.0 Å². The Hall–Kier alpha value is -3.03. The predicted molar refractivity (Wildman–Crippen MR) is 82.9 cm³/mol. The average Bonchev–Trinajstić information content (AvgIpc) is 3.38. The number of aromatic nitrogens is 2. The van der Waals surface area contributed by atoms with E-state index >= 15 is 0 Å². The van der Waals surface area contributed by atoms with Crippen molar-refractivity contribution in [3.8, 4) is 5.69 Å². The van der Waals surface area contributed by atoms with Gasteiger partial charge in [0.1, 0.15) is 11.5 Å². The number of carbonyl (C=O) groups is 2. The van der Waals surface area contributed by atoms with Gasteiger partial charge in [0.05, 0.1) is 0 Å². The van der Waals surface area contributed by atoms with E-state index in [0.29, 0.717) is 5.69 Å². The second-order valence-electron chi connectivity index (χ2n) is 5.58. The number of carbonyl (C=O) groups excluding carboxylic acids is 2. The van der Waals surface area contributed by atoms with E-state index < -0.39 is 22.8 Å². The van der Waals surface area contributed by atoms with Gasteiger partial charge in [-0.1, -0.05) is 12.1 Å². The van der Waals surface area contributed by atoms with Gasteiger partial charge in [0.25, 0.3) is 5.91 Å². The highest BCUT2D eigenvalue weighted by molar-refractivity contribution is 5.93. The Bertz CT molecular complexity index is 874. The lowest BCUT2D eigenvalue weighted by atomic mass is 10.2. The maximum Gasteiger partial charge on any atom is 0.294 e. The molecular formula is C16H15FN4O3. The van der Waals surface area contributed by atoms with Crippen LogP contribution in [0, 0.1) is 18.7 Å². The Morgan fingerprint density at radius 3 is 2.62 bits per heavy atom. The number of halogens is 1.